The second-order valence-corrected chi connectivity index (χ2v) is 15.2. The molecule has 0 saturated carbocycles. The van der Waals surface area contributed by atoms with Crippen LogP contribution in [0.15, 0.2) is 235 Å². The Morgan fingerprint density at radius 3 is 1.47 bits per heavy atom. The lowest BCUT2D eigenvalue weighted by Crippen LogP contribution is -2.10. The molecule has 1 aromatic heterocycles. The van der Waals surface area contributed by atoms with Crippen LogP contribution in [0.3, 0.4) is 0 Å². The number of benzene rings is 10. The van der Waals surface area contributed by atoms with E-state index in [0.717, 1.165) is 66.4 Å². The summed E-state index contributed by atoms with van der Waals surface area (Å²) in [4.78, 5) is 7.35. The highest BCUT2D eigenvalue weighted by atomic mass is 16.3. The molecule has 0 aliphatic heterocycles. The molecule has 1 heterocycles. The Balaban J connectivity index is 1.10. The first-order valence-electron chi connectivity index (χ1n) is 20.4. The van der Waals surface area contributed by atoms with E-state index >= 15 is 0 Å². The van der Waals surface area contributed by atoms with Gasteiger partial charge in [-0.2, -0.15) is 0 Å². The summed E-state index contributed by atoms with van der Waals surface area (Å²) in [6, 6.07) is 81.9. The number of hydrogen-bond acceptors (Lipinski definition) is 3. The minimum Gasteiger partial charge on any atom is -0.435 e. The Kier molecular flexibility index (Phi) is 8.83. The lowest BCUT2D eigenvalue weighted by Gasteiger charge is -2.27. The molecular formula is C57H38N2O. The van der Waals surface area contributed by atoms with Crippen molar-refractivity contribution in [3.05, 3.63) is 231 Å². The van der Waals surface area contributed by atoms with Crippen LogP contribution in [-0.2, 0) is 0 Å². The van der Waals surface area contributed by atoms with Gasteiger partial charge in [-0.25, -0.2) is 4.98 Å². The molecule has 0 radical (unpaired) electrons. The van der Waals surface area contributed by atoms with Crippen LogP contribution in [0, 0.1) is 0 Å². The highest BCUT2D eigenvalue weighted by molar-refractivity contribution is 6.22. The van der Waals surface area contributed by atoms with Crippen molar-refractivity contribution in [3.63, 3.8) is 0 Å². The first-order chi connectivity index (χ1) is 29.7. The van der Waals surface area contributed by atoms with Crippen molar-refractivity contribution in [3.8, 4) is 56.0 Å². The van der Waals surface area contributed by atoms with E-state index in [1.165, 1.54) is 33.4 Å². The summed E-state index contributed by atoms with van der Waals surface area (Å²) in [6.45, 7) is 0. The van der Waals surface area contributed by atoms with Crippen LogP contribution < -0.4 is 4.90 Å². The molecule has 0 aliphatic carbocycles. The summed E-state index contributed by atoms with van der Waals surface area (Å²) in [5, 5.41) is 4.40. The van der Waals surface area contributed by atoms with Gasteiger partial charge < -0.3 is 9.32 Å². The SMILES string of the molecule is c1ccc(-c2ccc(-c3ccc(N(c4cccc(-c5ccccc5)c4)c4ccc5c(-c6ccccc6)cc6ccc7nc(-c8ccccc8)oc7c6c5c4)cc3)cc2)cc1. The first kappa shape index (κ1) is 35.2. The van der Waals surface area contributed by atoms with Gasteiger partial charge >= 0.3 is 0 Å². The van der Waals surface area contributed by atoms with Gasteiger partial charge in [-0.05, 0) is 121 Å². The highest BCUT2D eigenvalue weighted by Gasteiger charge is 2.20. The zero-order chi connectivity index (χ0) is 39.8. The molecule has 0 aliphatic rings. The Bertz CT molecular complexity index is 3270. The van der Waals surface area contributed by atoms with Gasteiger partial charge in [0.2, 0.25) is 5.89 Å². The average molecular weight is 767 g/mol. The summed E-state index contributed by atoms with van der Waals surface area (Å²) < 4.78 is 6.72. The molecule has 0 amide bonds. The fourth-order valence-corrected chi connectivity index (χ4v) is 8.50. The van der Waals surface area contributed by atoms with E-state index in [4.69, 9.17) is 9.40 Å². The van der Waals surface area contributed by atoms with E-state index in [-0.39, 0.29) is 0 Å². The van der Waals surface area contributed by atoms with E-state index in [1.807, 2.05) is 30.3 Å². The van der Waals surface area contributed by atoms with E-state index in [1.54, 1.807) is 0 Å². The summed E-state index contributed by atoms with van der Waals surface area (Å²) >= 11 is 0. The summed E-state index contributed by atoms with van der Waals surface area (Å²) in [5.74, 6) is 0.615. The number of rotatable bonds is 8. The van der Waals surface area contributed by atoms with Gasteiger partial charge in [0, 0.05) is 28.0 Å². The third-order valence-electron chi connectivity index (χ3n) is 11.5. The topological polar surface area (TPSA) is 29.3 Å². The molecule has 0 N–H and O–H groups in total. The summed E-state index contributed by atoms with van der Waals surface area (Å²) in [5.41, 5.74) is 15.2. The Hall–Kier alpha value is -8.01. The lowest BCUT2D eigenvalue weighted by atomic mass is 9.92. The number of oxazole rings is 1. The van der Waals surface area contributed by atoms with Crippen LogP contribution >= 0.6 is 0 Å². The van der Waals surface area contributed by atoms with Crippen molar-refractivity contribution in [1.29, 1.82) is 0 Å². The number of nitrogens with zero attached hydrogens (tertiary/aromatic N) is 2. The van der Waals surface area contributed by atoms with Crippen LogP contribution in [-0.4, -0.2) is 4.98 Å². The zero-order valence-corrected chi connectivity index (χ0v) is 32.7. The molecule has 3 heteroatoms. The summed E-state index contributed by atoms with van der Waals surface area (Å²) in [7, 11) is 0. The fraction of sp³-hybridized carbons (Fsp3) is 0. The highest BCUT2D eigenvalue weighted by Crippen LogP contribution is 2.44. The smallest absolute Gasteiger partial charge is 0.227 e. The molecule has 0 bridgehead atoms. The molecule has 3 nitrogen and oxygen atoms in total. The van der Waals surface area contributed by atoms with Gasteiger partial charge in [0.25, 0.3) is 0 Å². The maximum Gasteiger partial charge on any atom is 0.227 e. The monoisotopic (exact) mass is 766 g/mol. The number of aromatic nitrogens is 1. The third kappa shape index (κ3) is 6.49. The van der Waals surface area contributed by atoms with Gasteiger partial charge in [-0.3, -0.25) is 0 Å². The predicted molar refractivity (Wildman–Crippen MR) is 251 cm³/mol. The van der Waals surface area contributed by atoms with Crippen molar-refractivity contribution in [2.45, 2.75) is 0 Å². The van der Waals surface area contributed by atoms with Gasteiger partial charge in [0.05, 0.1) is 0 Å². The minimum absolute atomic E-state index is 0.615. The van der Waals surface area contributed by atoms with Gasteiger partial charge in [-0.1, -0.05) is 170 Å². The fourth-order valence-electron chi connectivity index (χ4n) is 8.50. The zero-order valence-electron chi connectivity index (χ0n) is 32.7. The number of fused-ring (bicyclic) bond motifs is 5. The standard InChI is InChI=1S/C57H38N2O/c1-5-14-39(15-6-1)41-24-26-42(27-25-41)43-28-31-48(32-29-43)59(49-23-13-22-46(36-49)40-16-7-2-8-17-40)50-33-34-51-52(44-18-9-3-10-19-44)37-47-30-35-54-56(55(47)53(51)38-50)60-57(58-54)45-20-11-4-12-21-45/h1-38H. The van der Waals surface area contributed by atoms with Crippen LogP contribution in [0.2, 0.25) is 0 Å². The van der Waals surface area contributed by atoms with E-state index in [2.05, 4.69) is 205 Å². The Morgan fingerprint density at radius 1 is 0.333 bits per heavy atom. The lowest BCUT2D eigenvalue weighted by molar-refractivity contribution is 0.623. The normalized spacial score (nSPS) is 11.3. The molecular weight excluding hydrogens is 729 g/mol. The first-order valence-corrected chi connectivity index (χ1v) is 20.4. The van der Waals surface area contributed by atoms with E-state index < -0.39 is 0 Å². The molecule has 0 atom stereocenters. The number of hydrogen-bond donors (Lipinski definition) is 0. The van der Waals surface area contributed by atoms with E-state index in [9.17, 15) is 0 Å². The Morgan fingerprint density at radius 2 is 0.833 bits per heavy atom. The van der Waals surface area contributed by atoms with Crippen molar-refractivity contribution >= 4 is 49.7 Å². The molecule has 0 spiro atoms. The van der Waals surface area contributed by atoms with Crippen LogP contribution in [0.5, 0.6) is 0 Å². The van der Waals surface area contributed by atoms with Crippen molar-refractivity contribution < 1.29 is 4.42 Å². The average Bonchev–Trinajstić information content (AvgIpc) is 3.78. The van der Waals surface area contributed by atoms with Crippen molar-refractivity contribution in [1.82, 2.24) is 4.98 Å². The van der Waals surface area contributed by atoms with Crippen molar-refractivity contribution in [2.24, 2.45) is 0 Å². The maximum atomic E-state index is 6.72. The van der Waals surface area contributed by atoms with Crippen LogP contribution in [0.1, 0.15) is 0 Å². The third-order valence-corrected chi connectivity index (χ3v) is 11.5. The van der Waals surface area contributed by atoms with Crippen LogP contribution in [0.4, 0.5) is 17.1 Å². The Labute approximate surface area is 349 Å². The minimum atomic E-state index is 0.615. The molecule has 282 valence electrons. The second kappa shape index (κ2) is 15.1. The molecule has 60 heavy (non-hydrogen) atoms. The van der Waals surface area contributed by atoms with Gasteiger partial charge in [0.1, 0.15) is 5.52 Å². The number of anilines is 3. The predicted octanol–water partition coefficient (Wildman–Crippen LogP) is 15.9. The van der Waals surface area contributed by atoms with Crippen LogP contribution in [0.25, 0.3) is 88.6 Å². The molecule has 0 fully saturated rings. The second-order valence-electron chi connectivity index (χ2n) is 15.2. The quantitative estimate of drug-likeness (QED) is 0.144. The van der Waals surface area contributed by atoms with Gasteiger partial charge in [0.15, 0.2) is 5.58 Å². The maximum absolute atomic E-state index is 6.72. The summed E-state index contributed by atoms with van der Waals surface area (Å²) in [6.07, 6.45) is 0. The largest absolute Gasteiger partial charge is 0.435 e. The van der Waals surface area contributed by atoms with E-state index in [0.29, 0.717) is 5.89 Å². The molecule has 0 unspecified atom stereocenters. The molecule has 11 aromatic rings. The molecule has 10 aromatic carbocycles. The van der Waals surface area contributed by atoms with Gasteiger partial charge in [-0.15, -0.1) is 0 Å². The molecule has 11 rings (SSSR count). The van der Waals surface area contributed by atoms with Crippen molar-refractivity contribution in [2.75, 3.05) is 4.90 Å². The molecule has 0 saturated heterocycles.